The van der Waals surface area contributed by atoms with Gasteiger partial charge in [0.25, 0.3) is 0 Å². The number of urea groups is 1. The zero-order valence-corrected chi connectivity index (χ0v) is 14.8. The van der Waals surface area contributed by atoms with Crippen LogP contribution in [0.2, 0.25) is 0 Å². The molecule has 1 saturated heterocycles. The van der Waals surface area contributed by atoms with Gasteiger partial charge in [-0.25, -0.2) is 4.79 Å². The summed E-state index contributed by atoms with van der Waals surface area (Å²) in [4.78, 5) is 14.4. The van der Waals surface area contributed by atoms with Crippen LogP contribution in [-0.2, 0) is 0 Å². The van der Waals surface area contributed by atoms with E-state index in [9.17, 15) is 9.90 Å². The molecule has 0 unspecified atom stereocenters. The Labute approximate surface area is 141 Å². The average Bonchev–Trinajstić information content (AvgIpc) is 2.79. The lowest BCUT2D eigenvalue weighted by atomic mass is 9.93. The largest absolute Gasteiger partial charge is 0.388 e. The Morgan fingerprint density at radius 2 is 1.78 bits per heavy atom. The summed E-state index contributed by atoms with van der Waals surface area (Å²) in [6.07, 6.45) is 9.71. The Hall–Kier alpha value is -0.810. The van der Waals surface area contributed by atoms with Crippen LogP contribution < -0.4 is 10.6 Å². The molecular formula is C18H35N3O2. The van der Waals surface area contributed by atoms with Gasteiger partial charge in [0.1, 0.15) is 0 Å². The highest BCUT2D eigenvalue weighted by atomic mass is 16.3. The zero-order chi connectivity index (χ0) is 16.5. The van der Waals surface area contributed by atoms with Crippen LogP contribution in [0.25, 0.3) is 0 Å². The number of nitrogens with one attached hydrogen (secondary N) is 2. The Balaban J connectivity index is 1.56. The first-order valence-corrected chi connectivity index (χ1v) is 9.58. The van der Waals surface area contributed by atoms with E-state index in [1.807, 2.05) is 0 Å². The summed E-state index contributed by atoms with van der Waals surface area (Å²) < 4.78 is 0. The number of carbonyl (C=O) groups excluding carboxylic acids is 1. The average molecular weight is 325 g/mol. The van der Waals surface area contributed by atoms with Gasteiger partial charge in [0, 0.05) is 13.1 Å². The van der Waals surface area contributed by atoms with E-state index in [4.69, 9.17) is 0 Å². The van der Waals surface area contributed by atoms with Crippen LogP contribution >= 0.6 is 0 Å². The molecule has 0 aromatic carbocycles. The van der Waals surface area contributed by atoms with Gasteiger partial charge in [-0.1, -0.05) is 32.6 Å². The monoisotopic (exact) mass is 325 g/mol. The number of hydrogen-bond acceptors (Lipinski definition) is 3. The Morgan fingerprint density at radius 1 is 1.13 bits per heavy atom. The summed E-state index contributed by atoms with van der Waals surface area (Å²) in [5.41, 5.74) is -0.694. The predicted octanol–water partition coefficient (Wildman–Crippen LogP) is 2.49. The van der Waals surface area contributed by atoms with E-state index in [0.717, 1.165) is 51.1 Å². The van der Waals surface area contributed by atoms with Gasteiger partial charge in [-0.2, -0.15) is 0 Å². The standard InChI is InChI=1S/C18H35N3O2/c1-2-21-13-8-16(9-14-21)7-12-19-17(22)20-15-18(23)10-5-3-4-6-11-18/h16,23H,2-15H2,1H3,(H2,19,20,22). The summed E-state index contributed by atoms with van der Waals surface area (Å²) in [5.74, 6) is 0.740. The van der Waals surface area contributed by atoms with Crippen LogP contribution in [-0.4, -0.2) is 54.4 Å². The lowest BCUT2D eigenvalue weighted by Crippen LogP contribution is -2.46. The fourth-order valence-electron chi connectivity index (χ4n) is 3.85. The molecule has 1 aliphatic heterocycles. The van der Waals surface area contributed by atoms with E-state index in [2.05, 4.69) is 22.5 Å². The minimum absolute atomic E-state index is 0.131. The van der Waals surface area contributed by atoms with Crippen molar-refractivity contribution >= 4 is 6.03 Å². The fourth-order valence-corrected chi connectivity index (χ4v) is 3.85. The van der Waals surface area contributed by atoms with Crippen molar-refractivity contribution in [1.82, 2.24) is 15.5 Å². The smallest absolute Gasteiger partial charge is 0.314 e. The normalized spacial score (nSPS) is 23.2. The van der Waals surface area contributed by atoms with Gasteiger partial charge in [-0.15, -0.1) is 0 Å². The molecule has 3 N–H and O–H groups in total. The minimum Gasteiger partial charge on any atom is -0.388 e. The Kier molecular flexibility index (Phi) is 7.63. The van der Waals surface area contributed by atoms with Crippen LogP contribution in [0.15, 0.2) is 0 Å². The molecule has 0 bridgehead atoms. The van der Waals surface area contributed by atoms with E-state index in [1.165, 1.54) is 38.8 Å². The number of rotatable bonds is 6. The molecule has 0 aromatic heterocycles. The second-order valence-electron chi connectivity index (χ2n) is 7.41. The van der Waals surface area contributed by atoms with Crippen molar-refractivity contribution in [2.24, 2.45) is 5.92 Å². The van der Waals surface area contributed by atoms with E-state index < -0.39 is 5.60 Å². The molecule has 2 fully saturated rings. The maximum Gasteiger partial charge on any atom is 0.314 e. The predicted molar refractivity (Wildman–Crippen MR) is 93.5 cm³/mol. The first-order chi connectivity index (χ1) is 11.1. The molecule has 23 heavy (non-hydrogen) atoms. The summed E-state index contributed by atoms with van der Waals surface area (Å²) in [5, 5.41) is 16.3. The third kappa shape index (κ3) is 6.68. The zero-order valence-electron chi connectivity index (χ0n) is 14.8. The highest BCUT2D eigenvalue weighted by Gasteiger charge is 2.28. The molecule has 0 spiro atoms. The van der Waals surface area contributed by atoms with E-state index in [-0.39, 0.29) is 6.03 Å². The molecule has 1 heterocycles. The van der Waals surface area contributed by atoms with Crippen LogP contribution in [0, 0.1) is 5.92 Å². The number of hydrogen-bond donors (Lipinski definition) is 3. The topological polar surface area (TPSA) is 64.6 Å². The van der Waals surface area contributed by atoms with E-state index >= 15 is 0 Å². The molecule has 5 nitrogen and oxygen atoms in total. The van der Waals surface area contributed by atoms with Gasteiger partial charge in [0.15, 0.2) is 0 Å². The molecule has 1 saturated carbocycles. The molecule has 2 rings (SSSR count). The molecule has 1 aliphatic carbocycles. The van der Waals surface area contributed by atoms with Crippen LogP contribution in [0.5, 0.6) is 0 Å². The van der Waals surface area contributed by atoms with Crippen molar-refractivity contribution in [3.8, 4) is 0 Å². The lowest BCUT2D eigenvalue weighted by molar-refractivity contribution is 0.0276. The number of nitrogens with zero attached hydrogens (tertiary/aromatic N) is 1. The molecule has 134 valence electrons. The second-order valence-corrected chi connectivity index (χ2v) is 7.41. The van der Waals surface area contributed by atoms with Crippen molar-refractivity contribution in [1.29, 1.82) is 0 Å². The van der Waals surface area contributed by atoms with E-state index in [0.29, 0.717) is 6.54 Å². The highest BCUT2D eigenvalue weighted by Crippen LogP contribution is 2.26. The lowest BCUT2D eigenvalue weighted by Gasteiger charge is -2.31. The van der Waals surface area contributed by atoms with Gasteiger partial charge < -0.3 is 20.6 Å². The summed E-state index contributed by atoms with van der Waals surface area (Å²) in [6, 6.07) is -0.131. The maximum atomic E-state index is 11.9. The molecular weight excluding hydrogens is 290 g/mol. The molecule has 0 radical (unpaired) electrons. The van der Waals surface area contributed by atoms with Crippen molar-refractivity contribution < 1.29 is 9.90 Å². The van der Waals surface area contributed by atoms with Gasteiger partial charge in [0.2, 0.25) is 0 Å². The van der Waals surface area contributed by atoms with Gasteiger partial charge in [-0.05, 0) is 57.7 Å². The van der Waals surface area contributed by atoms with Crippen molar-refractivity contribution in [2.45, 2.75) is 70.3 Å². The second kappa shape index (κ2) is 9.48. The van der Waals surface area contributed by atoms with Crippen molar-refractivity contribution in [2.75, 3.05) is 32.7 Å². The molecule has 2 amide bonds. The number of piperidine rings is 1. The van der Waals surface area contributed by atoms with E-state index in [1.54, 1.807) is 0 Å². The highest BCUT2D eigenvalue weighted by molar-refractivity contribution is 5.73. The number of likely N-dealkylation sites (tertiary alicyclic amines) is 1. The summed E-state index contributed by atoms with van der Waals surface area (Å²) in [6.45, 7) is 6.88. The Bertz CT molecular complexity index is 346. The van der Waals surface area contributed by atoms with Crippen LogP contribution in [0.4, 0.5) is 4.79 Å². The summed E-state index contributed by atoms with van der Waals surface area (Å²) in [7, 11) is 0. The minimum atomic E-state index is -0.694. The molecule has 0 aromatic rings. The van der Waals surface area contributed by atoms with Gasteiger partial charge >= 0.3 is 6.03 Å². The number of carbonyl (C=O) groups is 1. The number of amides is 2. The molecule has 0 atom stereocenters. The summed E-state index contributed by atoms with van der Waals surface area (Å²) >= 11 is 0. The van der Waals surface area contributed by atoms with Gasteiger partial charge in [0.05, 0.1) is 5.60 Å². The SMILES string of the molecule is CCN1CCC(CCNC(=O)NCC2(O)CCCCCC2)CC1. The number of aliphatic hydroxyl groups is 1. The van der Waals surface area contributed by atoms with Crippen molar-refractivity contribution in [3.05, 3.63) is 0 Å². The van der Waals surface area contributed by atoms with Crippen molar-refractivity contribution in [3.63, 3.8) is 0 Å². The quantitative estimate of drug-likeness (QED) is 0.657. The first-order valence-electron chi connectivity index (χ1n) is 9.58. The molecule has 2 aliphatic rings. The van der Waals surface area contributed by atoms with Crippen LogP contribution in [0.1, 0.15) is 64.7 Å². The Morgan fingerprint density at radius 3 is 2.39 bits per heavy atom. The van der Waals surface area contributed by atoms with Gasteiger partial charge in [-0.3, -0.25) is 0 Å². The molecule has 5 heteroatoms. The first kappa shape index (κ1) is 18.5. The third-order valence-electron chi connectivity index (χ3n) is 5.60. The fraction of sp³-hybridized carbons (Fsp3) is 0.944. The third-order valence-corrected chi connectivity index (χ3v) is 5.60. The van der Waals surface area contributed by atoms with Crippen LogP contribution in [0.3, 0.4) is 0 Å². The maximum absolute atomic E-state index is 11.9.